The molecule has 0 radical (unpaired) electrons. The molecule has 1 N–H and O–H groups in total. The highest BCUT2D eigenvalue weighted by atomic mass is 16.5. The number of aromatic nitrogens is 3. The van der Waals surface area contributed by atoms with Crippen LogP contribution in [0.4, 0.5) is 0 Å². The molecule has 0 unspecified atom stereocenters. The van der Waals surface area contributed by atoms with E-state index in [9.17, 15) is 4.79 Å². The number of nitrogens with one attached hydrogen (secondary N) is 1. The van der Waals surface area contributed by atoms with E-state index < -0.39 is 0 Å². The number of hydrogen-bond donors (Lipinski definition) is 1. The lowest BCUT2D eigenvalue weighted by Crippen LogP contribution is -2.24. The number of carbonyl (C=O) groups is 1. The molecular formula is C22H20N4O2. The van der Waals surface area contributed by atoms with E-state index >= 15 is 0 Å². The van der Waals surface area contributed by atoms with Crippen LogP contribution >= 0.6 is 0 Å². The Morgan fingerprint density at radius 1 is 1.04 bits per heavy atom. The van der Waals surface area contributed by atoms with E-state index in [4.69, 9.17) is 4.52 Å². The van der Waals surface area contributed by atoms with E-state index in [0.29, 0.717) is 30.1 Å². The van der Waals surface area contributed by atoms with Crippen molar-refractivity contribution in [3.05, 3.63) is 95.5 Å². The molecule has 0 atom stereocenters. The average molecular weight is 372 g/mol. The van der Waals surface area contributed by atoms with Gasteiger partial charge in [-0.25, -0.2) is 0 Å². The van der Waals surface area contributed by atoms with Crippen LogP contribution in [0.1, 0.15) is 27.2 Å². The van der Waals surface area contributed by atoms with Crippen molar-refractivity contribution >= 4 is 5.91 Å². The van der Waals surface area contributed by atoms with Gasteiger partial charge in [0, 0.05) is 24.5 Å². The Morgan fingerprint density at radius 3 is 2.54 bits per heavy atom. The number of hydrogen-bond acceptors (Lipinski definition) is 4. The highest BCUT2D eigenvalue weighted by Gasteiger charge is 2.21. The summed E-state index contributed by atoms with van der Waals surface area (Å²) in [5.41, 5.74) is 4.03. The predicted molar refractivity (Wildman–Crippen MR) is 106 cm³/mol. The second-order valence-corrected chi connectivity index (χ2v) is 6.48. The lowest BCUT2D eigenvalue weighted by Gasteiger charge is -2.11. The van der Waals surface area contributed by atoms with Crippen LogP contribution < -0.4 is 5.32 Å². The number of aryl methyl sites for hydroxylation is 1. The first-order valence-corrected chi connectivity index (χ1v) is 9.06. The molecular weight excluding hydrogens is 352 g/mol. The third-order valence-corrected chi connectivity index (χ3v) is 4.59. The Balaban J connectivity index is 1.53. The van der Waals surface area contributed by atoms with Gasteiger partial charge >= 0.3 is 0 Å². The molecule has 0 fully saturated rings. The van der Waals surface area contributed by atoms with Gasteiger partial charge in [0.1, 0.15) is 17.0 Å². The monoisotopic (exact) mass is 372 g/mol. The van der Waals surface area contributed by atoms with Gasteiger partial charge in [-0.3, -0.25) is 9.48 Å². The third-order valence-electron chi connectivity index (χ3n) is 4.59. The molecule has 4 rings (SSSR count). The predicted octanol–water partition coefficient (Wildman–Crippen LogP) is 3.82. The molecule has 4 aromatic rings. The van der Waals surface area contributed by atoms with Crippen LogP contribution in [0.25, 0.3) is 11.3 Å². The Labute approximate surface area is 162 Å². The lowest BCUT2D eigenvalue weighted by molar-refractivity contribution is 0.0950. The molecule has 2 aromatic carbocycles. The van der Waals surface area contributed by atoms with Gasteiger partial charge in [-0.2, -0.15) is 5.10 Å². The van der Waals surface area contributed by atoms with Crippen LogP contribution in [0, 0.1) is 6.92 Å². The molecule has 2 aromatic heterocycles. The topological polar surface area (TPSA) is 73.0 Å². The van der Waals surface area contributed by atoms with Crippen LogP contribution in [0.3, 0.4) is 0 Å². The van der Waals surface area contributed by atoms with Crippen molar-refractivity contribution in [1.29, 1.82) is 0 Å². The first-order chi connectivity index (χ1) is 13.7. The van der Waals surface area contributed by atoms with Gasteiger partial charge in [0.25, 0.3) is 5.91 Å². The van der Waals surface area contributed by atoms with E-state index in [2.05, 4.69) is 15.6 Å². The van der Waals surface area contributed by atoms with Crippen molar-refractivity contribution < 1.29 is 9.32 Å². The van der Waals surface area contributed by atoms with Crippen LogP contribution in [0.2, 0.25) is 0 Å². The Morgan fingerprint density at radius 2 is 1.79 bits per heavy atom. The van der Waals surface area contributed by atoms with Crippen LogP contribution in [-0.4, -0.2) is 20.8 Å². The fourth-order valence-corrected chi connectivity index (χ4v) is 3.15. The number of amides is 1. The summed E-state index contributed by atoms with van der Waals surface area (Å²) in [5.74, 6) is 0.299. The van der Waals surface area contributed by atoms with Gasteiger partial charge < -0.3 is 9.84 Å². The first kappa shape index (κ1) is 17.7. The molecule has 0 aliphatic carbocycles. The summed E-state index contributed by atoms with van der Waals surface area (Å²) < 4.78 is 7.15. The molecule has 0 bridgehead atoms. The van der Waals surface area contributed by atoms with Gasteiger partial charge in [-0.1, -0.05) is 59.8 Å². The molecule has 0 aliphatic rings. The smallest absolute Gasteiger partial charge is 0.257 e. The van der Waals surface area contributed by atoms with Crippen molar-refractivity contribution in [2.45, 2.75) is 20.0 Å². The largest absolute Gasteiger partial charge is 0.360 e. The number of rotatable bonds is 6. The maximum Gasteiger partial charge on any atom is 0.257 e. The quantitative estimate of drug-likeness (QED) is 0.558. The lowest BCUT2D eigenvalue weighted by atomic mass is 10.0. The number of benzene rings is 2. The molecule has 6 heteroatoms. The molecule has 6 nitrogen and oxygen atoms in total. The maximum atomic E-state index is 12.9. The van der Waals surface area contributed by atoms with Gasteiger partial charge in [0.2, 0.25) is 0 Å². The fraction of sp³-hybridized carbons (Fsp3) is 0.136. The van der Waals surface area contributed by atoms with Gasteiger partial charge in [0.05, 0.1) is 6.54 Å². The zero-order chi connectivity index (χ0) is 19.3. The molecule has 0 saturated carbocycles. The van der Waals surface area contributed by atoms with Crippen LogP contribution in [0.15, 0.2) is 77.6 Å². The highest BCUT2D eigenvalue weighted by molar-refractivity contribution is 6.00. The summed E-state index contributed by atoms with van der Waals surface area (Å²) in [7, 11) is 0. The zero-order valence-corrected chi connectivity index (χ0v) is 15.5. The molecule has 0 spiro atoms. The van der Waals surface area contributed by atoms with Crippen molar-refractivity contribution in [1.82, 2.24) is 20.3 Å². The van der Waals surface area contributed by atoms with Crippen LogP contribution in [0.5, 0.6) is 0 Å². The van der Waals surface area contributed by atoms with Gasteiger partial charge in [-0.05, 0) is 24.1 Å². The highest BCUT2D eigenvalue weighted by Crippen LogP contribution is 2.25. The average Bonchev–Trinajstić information content (AvgIpc) is 3.37. The number of nitrogens with zero attached hydrogens (tertiary/aromatic N) is 3. The molecule has 2 heterocycles. The SMILES string of the molecule is Cc1onc(-c2ccccc2)c1C(=O)NCc1ccccc1Cn1cccn1. The number of carbonyl (C=O) groups excluding carboxylic acids is 1. The van der Waals surface area contributed by atoms with E-state index in [0.717, 1.165) is 16.7 Å². The third kappa shape index (κ3) is 3.71. The van der Waals surface area contributed by atoms with E-state index in [1.807, 2.05) is 71.5 Å². The van der Waals surface area contributed by atoms with Crippen molar-refractivity contribution in [2.24, 2.45) is 0 Å². The standard InChI is InChI=1S/C22H20N4O2/c1-16-20(21(25-28-16)17-8-3-2-4-9-17)22(27)23-14-18-10-5-6-11-19(18)15-26-13-7-12-24-26/h2-13H,14-15H2,1H3,(H,23,27). The Bertz CT molecular complexity index is 1070. The summed E-state index contributed by atoms with van der Waals surface area (Å²) in [6.07, 6.45) is 3.67. The van der Waals surface area contributed by atoms with Gasteiger partial charge in [0.15, 0.2) is 0 Å². The Kier molecular flexibility index (Phi) is 5.01. The molecule has 0 saturated heterocycles. The Hall–Kier alpha value is -3.67. The molecule has 1 amide bonds. The minimum Gasteiger partial charge on any atom is -0.360 e. The van der Waals surface area contributed by atoms with E-state index in [1.165, 1.54) is 0 Å². The second-order valence-electron chi connectivity index (χ2n) is 6.48. The van der Waals surface area contributed by atoms with E-state index in [1.54, 1.807) is 13.1 Å². The summed E-state index contributed by atoms with van der Waals surface area (Å²) in [4.78, 5) is 12.9. The van der Waals surface area contributed by atoms with Crippen molar-refractivity contribution in [3.63, 3.8) is 0 Å². The summed E-state index contributed by atoms with van der Waals surface area (Å²) in [6, 6.07) is 19.5. The minimum atomic E-state index is -0.202. The van der Waals surface area contributed by atoms with Crippen molar-refractivity contribution in [2.75, 3.05) is 0 Å². The first-order valence-electron chi connectivity index (χ1n) is 9.06. The summed E-state index contributed by atoms with van der Waals surface area (Å²) in [6.45, 7) is 2.82. The summed E-state index contributed by atoms with van der Waals surface area (Å²) in [5, 5.41) is 11.3. The fourth-order valence-electron chi connectivity index (χ4n) is 3.15. The van der Waals surface area contributed by atoms with Crippen LogP contribution in [-0.2, 0) is 13.1 Å². The van der Waals surface area contributed by atoms with E-state index in [-0.39, 0.29) is 5.91 Å². The molecule has 28 heavy (non-hydrogen) atoms. The zero-order valence-electron chi connectivity index (χ0n) is 15.5. The summed E-state index contributed by atoms with van der Waals surface area (Å²) >= 11 is 0. The normalized spacial score (nSPS) is 10.8. The van der Waals surface area contributed by atoms with Gasteiger partial charge in [-0.15, -0.1) is 0 Å². The maximum absolute atomic E-state index is 12.9. The van der Waals surface area contributed by atoms with Crippen molar-refractivity contribution in [3.8, 4) is 11.3 Å². The minimum absolute atomic E-state index is 0.202. The second kappa shape index (κ2) is 7.92. The molecule has 0 aliphatic heterocycles. The molecule has 140 valence electrons.